The van der Waals surface area contributed by atoms with Crippen LogP contribution in [0.4, 0.5) is 13.2 Å². The van der Waals surface area contributed by atoms with Crippen LogP contribution in [-0.2, 0) is 4.79 Å². The van der Waals surface area contributed by atoms with Crippen LogP contribution in [0, 0.1) is 6.92 Å². The molecule has 1 saturated heterocycles. The predicted molar refractivity (Wildman–Crippen MR) is 89.0 cm³/mol. The van der Waals surface area contributed by atoms with Crippen LogP contribution in [-0.4, -0.2) is 36.2 Å². The summed E-state index contributed by atoms with van der Waals surface area (Å²) in [6, 6.07) is 7.59. The molecule has 0 radical (unpaired) electrons. The molecule has 0 spiro atoms. The standard InChI is InChI=1S/C17H15F3N2O3S/c1-10-2-7-13(26-10)16(24)22-9-8-21-15(23)14(22)11-3-5-12(6-4-11)25-17(18,19)20/h2-7,14H,8-9H2,1H3,(H,21,23)/t14-/m1/s1. The average molecular weight is 384 g/mol. The molecule has 1 aromatic carbocycles. The zero-order chi connectivity index (χ0) is 18.9. The lowest BCUT2D eigenvalue weighted by Crippen LogP contribution is -2.52. The van der Waals surface area contributed by atoms with Crippen molar-refractivity contribution in [3.8, 4) is 5.75 Å². The summed E-state index contributed by atoms with van der Waals surface area (Å²) in [6.07, 6.45) is -4.79. The molecule has 1 N–H and O–H groups in total. The smallest absolute Gasteiger partial charge is 0.406 e. The summed E-state index contributed by atoms with van der Waals surface area (Å²) < 4.78 is 40.7. The van der Waals surface area contributed by atoms with E-state index in [1.807, 2.05) is 13.0 Å². The molecule has 0 aliphatic carbocycles. The third-order valence-corrected chi connectivity index (χ3v) is 4.84. The molecule has 1 atom stereocenters. The van der Waals surface area contributed by atoms with Crippen LogP contribution in [0.25, 0.3) is 0 Å². The zero-order valence-electron chi connectivity index (χ0n) is 13.7. The minimum Gasteiger partial charge on any atom is -0.406 e. The first kappa shape index (κ1) is 18.2. The van der Waals surface area contributed by atoms with Gasteiger partial charge in [-0.3, -0.25) is 9.59 Å². The van der Waals surface area contributed by atoms with E-state index in [1.165, 1.54) is 28.4 Å². The van der Waals surface area contributed by atoms with E-state index >= 15 is 0 Å². The summed E-state index contributed by atoms with van der Waals surface area (Å²) in [6.45, 7) is 2.51. The largest absolute Gasteiger partial charge is 0.573 e. The van der Waals surface area contributed by atoms with E-state index < -0.39 is 12.4 Å². The van der Waals surface area contributed by atoms with E-state index in [-0.39, 0.29) is 17.6 Å². The highest BCUT2D eigenvalue weighted by Gasteiger charge is 2.36. The number of hydrogen-bond acceptors (Lipinski definition) is 4. The fraction of sp³-hybridized carbons (Fsp3) is 0.294. The molecule has 2 aromatic rings. The number of nitrogens with one attached hydrogen (secondary N) is 1. The van der Waals surface area contributed by atoms with Gasteiger partial charge in [0.25, 0.3) is 5.91 Å². The lowest BCUT2D eigenvalue weighted by Gasteiger charge is -2.35. The van der Waals surface area contributed by atoms with Gasteiger partial charge in [0.1, 0.15) is 11.8 Å². The molecule has 0 bridgehead atoms. The van der Waals surface area contributed by atoms with E-state index in [0.29, 0.717) is 23.5 Å². The second kappa shape index (κ2) is 6.99. The van der Waals surface area contributed by atoms with Gasteiger partial charge in [-0.2, -0.15) is 0 Å². The van der Waals surface area contributed by atoms with E-state index in [4.69, 9.17) is 0 Å². The highest BCUT2D eigenvalue weighted by molar-refractivity contribution is 7.13. The van der Waals surface area contributed by atoms with Crippen LogP contribution in [0.15, 0.2) is 36.4 Å². The zero-order valence-corrected chi connectivity index (χ0v) is 14.5. The van der Waals surface area contributed by atoms with Crippen molar-refractivity contribution in [2.45, 2.75) is 19.3 Å². The number of piperazine rings is 1. The number of thiophene rings is 1. The first-order valence-corrected chi connectivity index (χ1v) is 8.57. The highest BCUT2D eigenvalue weighted by Crippen LogP contribution is 2.30. The fourth-order valence-electron chi connectivity index (χ4n) is 2.76. The molecule has 9 heteroatoms. The number of amides is 2. The predicted octanol–water partition coefficient (Wildman–Crippen LogP) is 3.27. The number of nitrogens with zero attached hydrogens (tertiary/aromatic N) is 1. The number of hydrogen-bond donors (Lipinski definition) is 1. The minimum atomic E-state index is -4.79. The van der Waals surface area contributed by atoms with Crippen LogP contribution >= 0.6 is 11.3 Å². The van der Waals surface area contributed by atoms with Crippen LogP contribution in [0.3, 0.4) is 0 Å². The maximum Gasteiger partial charge on any atom is 0.573 e. The highest BCUT2D eigenvalue weighted by atomic mass is 32.1. The first-order chi connectivity index (χ1) is 12.2. The molecular weight excluding hydrogens is 369 g/mol. The Kier molecular flexibility index (Phi) is 4.90. The molecule has 1 fully saturated rings. The first-order valence-electron chi connectivity index (χ1n) is 7.75. The van der Waals surface area contributed by atoms with Gasteiger partial charge >= 0.3 is 6.36 Å². The Morgan fingerprint density at radius 3 is 2.50 bits per heavy atom. The van der Waals surface area contributed by atoms with Gasteiger partial charge < -0.3 is 15.0 Å². The molecule has 138 valence electrons. The van der Waals surface area contributed by atoms with Gasteiger partial charge in [0.05, 0.1) is 4.88 Å². The van der Waals surface area contributed by atoms with Crippen LogP contribution in [0.5, 0.6) is 5.75 Å². The van der Waals surface area contributed by atoms with Crippen molar-refractivity contribution >= 4 is 23.2 Å². The van der Waals surface area contributed by atoms with Crippen molar-refractivity contribution in [3.63, 3.8) is 0 Å². The lowest BCUT2D eigenvalue weighted by molar-refractivity contribution is -0.274. The van der Waals surface area contributed by atoms with Crippen molar-refractivity contribution in [2.24, 2.45) is 0 Å². The summed E-state index contributed by atoms with van der Waals surface area (Å²) in [7, 11) is 0. The van der Waals surface area contributed by atoms with Crippen molar-refractivity contribution < 1.29 is 27.5 Å². The van der Waals surface area contributed by atoms with Crippen molar-refractivity contribution in [1.82, 2.24) is 10.2 Å². The molecule has 0 unspecified atom stereocenters. The van der Waals surface area contributed by atoms with Gasteiger partial charge in [0, 0.05) is 18.0 Å². The molecule has 2 heterocycles. The molecule has 2 amide bonds. The monoisotopic (exact) mass is 384 g/mol. The number of aryl methyl sites for hydroxylation is 1. The molecule has 5 nitrogen and oxygen atoms in total. The molecule has 1 aliphatic heterocycles. The van der Waals surface area contributed by atoms with Gasteiger partial charge in [-0.15, -0.1) is 24.5 Å². The van der Waals surface area contributed by atoms with Gasteiger partial charge in [-0.1, -0.05) is 12.1 Å². The van der Waals surface area contributed by atoms with Gasteiger partial charge in [-0.25, -0.2) is 0 Å². The Morgan fingerprint density at radius 2 is 1.92 bits per heavy atom. The van der Waals surface area contributed by atoms with Gasteiger partial charge in [0.15, 0.2) is 0 Å². The third kappa shape index (κ3) is 3.98. The topological polar surface area (TPSA) is 58.6 Å². The summed E-state index contributed by atoms with van der Waals surface area (Å²) in [5, 5.41) is 2.68. The van der Waals surface area contributed by atoms with Gasteiger partial charge in [-0.05, 0) is 36.8 Å². The minimum absolute atomic E-state index is 0.279. The third-order valence-electron chi connectivity index (χ3n) is 3.85. The van der Waals surface area contributed by atoms with E-state index in [2.05, 4.69) is 10.1 Å². The summed E-state index contributed by atoms with van der Waals surface area (Å²) >= 11 is 1.33. The molecule has 26 heavy (non-hydrogen) atoms. The number of alkyl halides is 3. The van der Waals surface area contributed by atoms with Crippen molar-refractivity contribution in [3.05, 3.63) is 51.7 Å². The number of ether oxygens (including phenoxy) is 1. The number of carbonyl (C=O) groups excluding carboxylic acids is 2. The molecule has 1 aliphatic rings. The Labute approximate surface area is 151 Å². The number of carbonyl (C=O) groups is 2. The Hall–Kier alpha value is -2.55. The SMILES string of the molecule is Cc1ccc(C(=O)N2CCNC(=O)[C@H]2c2ccc(OC(F)(F)F)cc2)s1. The van der Waals surface area contributed by atoms with E-state index in [1.54, 1.807) is 6.07 Å². The van der Waals surface area contributed by atoms with E-state index in [0.717, 1.165) is 17.0 Å². The van der Waals surface area contributed by atoms with Crippen LogP contribution in [0.2, 0.25) is 0 Å². The van der Waals surface area contributed by atoms with Crippen LogP contribution in [0.1, 0.15) is 26.2 Å². The molecule has 3 rings (SSSR count). The Morgan fingerprint density at radius 1 is 1.23 bits per heavy atom. The number of halogens is 3. The maximum absolute atomic E-state index is 12.8. The van der Waals surface area contributed by atoms with Crippen molar-refractivity contribution in [2.75, 3.05) is 13.1 Å². The normalized spacial score (nSPS) is 17.8. The Balaban J connectivity index is 1.87. The molecule has 1 aromatic heterocycles. The second-order valence-corrected chi connectivity index (χ2v) is 7.01. The molecular formula is C17H15F3N2O3S. The van der Waals surface area contributed by atoms with E-state index in [9.17, 15) is 22.8 Å². The average Bonchev–Trinajstić information content (AvgIpc) is 3.00. The second-order valence-electron chi connectivity index (χ2n) is 5.72. The van der Waals surface area contributed by atoms with Gasteiger partial charge in [0.2, 0.25) is 5.91 Å². The summed E-state index contributed by atoms with van der Waals surface area (Å²) in [5.74, 6) is -1.04. The Bertz CT molecular complexity index is 817. The maximum atomic E-state index is 12.8. The summed E-state index contributed by atoms with van der Waals surface area (Å²) in [5.41, 5.74) is 0.415. The number of rotatable bonds is 3. The number of benzene rings is 1. The molecule has 0 saturated carbocycles. The fourth-order valence-corrected chi connectivity index (χ4v) is 3.58. The quantitative estimate of drug-likeness (QED) is 0.884. The van der Waals surface area contributed by atoms with Crippen LogP contribution < -0.4 is 10.1 Å². The summed E-state index contributed by atoms with van der Waals surface area (Å²) in [4.78, 5) is 28.0. The lowest BCUT2D eigenvalue weighted by atomic mass is 10.0. The van der Waals surface area contributed by atoms with Crippen molar-refractivity contribution in [1.29, 1.82) is 0 Å².